The van der Waals surface area contributed by atoms with E-state index >= 15 is 0 Å². The van der Waals surface area contributed by atoms with Crippen LogP contribution in [-0.2, 0) is 11.2 Å². The van der Waals surface area contributed by atoms with Gasteiger partial charge in [-0.3, -0.25) is 0 Å². The van der Waals surface area contributed by atoms with E-state index in [1.807, 2.05) is 7.11 Å². The van der Waals surface area contributed by atoms with Crippen LogP contribution in [-0.4, -0.2) is 19.3 Å². The number of hydrogen-bond acceptors (Lipinski definition) is 2. The van der Waals surface area contributed by atoms with E-state index in [-0.39, 0.29) is 5.60 Å². The van der Waals surface area contributed by atoms with Crippen LogP contribution >= 0.6 is 0 Å². The van der Waals surface area contributed by atoms with Crippen molar-refractivity contribution in [2.24, 2.45) is 0 Å². The third-order valence-electron chi connectivity index (χ3n) is 4.80. The first-order chi connectivity index (χ1) is 9.31. The number of piperidine rings is 1. The Morgan fingerprint density at radius 2 is 2.00 bits per heavy atom. The molecule has 1 aromatic rings. The van der Waals surface area contributed by atoms with Crippen molar-refractivity contribution < 1.29 is 4.74 Å². The van der Waals surface area contributed by atoms with Crippen LogP contribution in [0.1, 0.15) is 55.7 Å². The van der Waals surface area contributed by atoms with E-state index in [9.17, 15) is 0 Å². The Labute approximate surface area is 116 Å². The molecule has 19 heavy (non-hydrogen) atoms. The van der Waals surface area contributed by atoms with Crippen molar-refractivity contribution >= 4 is 0 Å². The van der Waals surface area contributed by atoms with Crippen LogP contribution in [0.25, 0.3) is 0 Å². The van der Waals surface area contributed by atoms with Gasteiger partial charge in [-0.05, 0) is 56.2 Å². The van der Waals surface area contributed by atoms with Gasteiger partial charge in [0.15, 0.2) is 0 Å². The minimum absolute atomic E-state index is 0.226. The lowest BCUT2D eigenvalue weighted by Gasteiger charge is -2.24. The highest BCUT2D eigenvalue weighted by molar-refractivity contribution is 5.26. The Balaban J connectivity index is 1.56. The summed E-state index contributed by atoms with van der Waals surface area (Å²) in [7, 11) is 1.85. The Morgan fingerprint density at radius 3 is 2.58 bits per heavy atom. The molecule has 1 saturated heterocycles. The van der Waals surface area contributed by atoms with Gasteiger partial charge in [-0.1, -0.05) is 30.7 Å². The second kappa shape index (κ2) is 5.64. The molecule has 1 aliphatic carbocycles. The molecule has 104 valence electrons. The first-order valence-corrected chi connectivity index (χ1v) is 7.69. The summed E-state index contributed by atoms with van der Waals surface area (Å²) in [4.78, 5) is 0. The standard InChI is InChI=1S/C17H25NO/c1-19-17(11-12-17)10-9-14-5-7-15(8-6-14)16-4-2-3-13-18-16/h5-8,16,18H,2-4,9-13H2,1H3. The molecule has 0 amide bonds. The lowest BCUT2D eigenvalue weighted by Crippen LogP contribution is -2.26. The second-order valence-corrected chi connectivity index (χ2v) is 6.13. The van der Waals surface area contributed by atoms with Gasteiger partial charge < -0.3 is 10.1 Å². The average Bonchev–Trinajstić information content (AvgIpc) is 3.27. The van der Waals surface area contributed by atoms with Gasteiger partial charge in [0.05, 0.1) is 5.60 Å². The van der Waals surface area contributed by atoms with Crippen molar-refractivity contribution in [2.45, 2.75) is 56.6 Å². The summed E-state index contributed by atoms with van der Waals surface area (Å²) in [5.41, 5.74) is 3.13. The number of methoxy groups -OCH3 is 1. The number of nitrogens with one attached hydrogen (secondary N) is 1. The highest BCUT2D eigenvalue weighted by Crippen LogP contribution is 2.42. The van der Waals surface area contributed by atoms with Crippen molar-refractivity contribution in [3.05, 3.63) is 35.4 Å². The summed E-state index contributed by atoms with van der Waals surface area (Å²) >= 11 is 0. The van der Waals surface area contributed by atoms with Crippen LogP contribution in [0.4, 0.5) is 0 Å². The monoisotopic (exact) mass is 259 g/mol. The molecule has 1 aliphatic heterocycles. The van der Waals surface area contributed by atoms with Gasteiger partial charge in [0, 0.05) is 13.2 Å². The molecule has 0 bridgehead atoms. The third-order valence-corrected chi connectivity index (χ3v) is 4.80. The van der Waals surface area contributed by atoms with E-state index in [0.29, 0.717) is 6.04 Å². The summed E-state index contributed by atoms with van der Waals surface area (Å²) < 4.78 is 5.58. The smallest absolute Gasteiger partial charge is 0.0684 e. The Bertz CT molecular complexity index is 402. The number of rotatable bonds is 5. The Kier molecular flexibility index (Phi) is 3.90. The molecule has 2 heteroatoms. The molecule has 1 saturated carbocycles. The minimum Gasteiger partial charge on any atom is -0.378 e. The zero-order valence-electron chi connectivity index (χ0n) is 12.0. The molecule has 1 heterocycles. The molecule has 2 fully saturated rings. The molecule has 0 aromatic heterocycles. The summed E-state index contributed by atoms with van der Waals surface area (Å²) in [6.45, 7) is 1.17. The van der Waals surface area contributed by atoms with E-state index in [2.05, 4.69) is 29.6 Å². The SMILES string of the molecule is COC1(CCc2ccc(C3CCCCN3)cc2)CC1. The second-order valence-electron chi connectivity index (χ2n) is 6.13. The predicted molar refractivity (Wildman–Crippen MR) is 78.3 cm³/mol. The quantitative estimate of drug-likeness (QED) is 0.872. The van der Waals surface area contributed by atoms with Gasteiger partial charge in [-0.25, -0.2) is 0 Å². The Hall–Kier alpha value is -0.860. The molecule has 0 spiro atoms. The summed E-state index contributed by atoms with van der Waals surface area (Å²) in [5.74, 6) is 0. The van der Waals surface area contributed by atoms with Crippen LogP contribution in [0.3, 0.4) is 0 Å². The number of ether oxygens (including phenoxy) is 1. The minimum atomic E-state index is 0.226. The molecule has 1 aromatic carbocycles. The molecule has 2 aliphatic rings. The van der Waals surface area contributed by atoms with E-state index in [1.165, 1.54) is 56.2 Å². The van der Waals surface area contributed by atoms with Crippen LogP contribution in [0.2, 0.25) is 0 Å². The number of hydrogen-bond donors (Lipinski definition) is 1. The first-order valence-electron chi connectivity index (χ1n) is 7.69. The maximum absolute atomic E-state index is 5.58. The van der Waals surface area contributed by atoms with Crippen LogP contribution in [0, 0.1) is 0 Å². The zero-order chi connectivity index (χ0) is 13.1. The summed E-state index contributed by atoms with van der Waals surface area (Å²) in [6, 6.07) is 9.81. The molecule has 1 N–H and O–H groups in total. The molecule has 2 nitrogen and oxygen atoms in total. The van der Waals surface area contributed by atoms with Gasteiger partial charge in [0.25, 0.3) is 0 Å². The highest BCUT2D eigenvalue weighted by Gasteiger charge is 2.42. The van der Waals surface area contributed by atoms with Gasteiger partial charge in [-0.2, -0.15) is 0 Å². The summed E-state index contributed by atoms with van der Waals surface area (Å²) in [5, 5.41) is 3.61. The molecular formula is C17H25NO. The van der Waals surface area contributed by atoms with Crippen molar-refractivity contribution in [3.63, 3.8) is 0 Å². The van der Waals surface area contributed by atoms with Crippen LogP contribution < -0.4 is 5.32 Å². The molecule has 3 rings (SSSR count). The van der Waals surface area contributed by atoms with Gasteiger partial charge in [-0.15, -0.1) is 0 Å². The third kappa shape index (κ3) is 3.18. The number of benzene rings is 1. The normalized spacial score (nSPS) is 25.2. The molecule has 1 unspecified atom stereocenters. The lowest BCUT2D eigenvalue weighted by atomic mass is 9.96. The topological polar surface area (TPSA) is 21.3 Å². The fourth-order valence-electron chi connectivity index (χ4n) is 3.12. The summed E-state index contributed by atoms with van der Waals surface area (Å²) in [6.07, 6.45) is 8.77. The fraction of sp³-hybridized carbons (Fsp3) is 0.647. The van der Waals surface area contributed by atoms with Gasteiger partial charge >= 0.3 is 0 Å². The molecular weight excluding hydrogens is 234 g/mol. The van der Waals surface area contributed by atoms with E-state index in [4.69, 9.17) is 4.74 Å². The first kappa shape index (κ1) is 13.1. The maximum Gasteiger partial charge on any atom is 0.0684 e. The maximum atomic E-state index is 5.58. The van der Waals surface area contributed by atoms with Crippen molar-refractivity contribution in [1.82, 2.24) is 5.32 Å². The molecule has 1 atom stereocenters. The van der Waals surface area contributed by atoms with Crippen LogP contribution in [0.15, 0.2) is 24.3 Å². The number of aryl methyl sites for hydroxylation is 1. The average molecular weight is 259 g/mol. The van der Waals surface area contributed by atoms with Gasteiger partial charge in [0.2, 0.25) is 0 Å². The fourth-order valence-corrected chi connectivity index (χ4v) is 3.12. The predicted octanol–water partition coefficient (Wildman–Crippen LogP) is 3.61. The molecule has 0 radical (unpaired) electrons. The van der Waals surface area contributed by atoms with Crippen molar-refractivity contribution in [2.75, 3.05) is 13.7 Å². The highest BCUT2D eigenvalue weighted by atomic mass is 16.5. The van der Waals surface area contributed by atoms with Crippen molar-refractivity contribution in [3.8, 4) is 0 Å². The lowest BCUT2D eigenvalue weighted by molar-refractivity contribution is 0.0731. The van der Waals surface area contributed by atoms with Crippen LogP contribution in [0.5, 0.6) is 0 Å². The van der Waals surface area contributed by atoms with E-state index in [0.717, 1.165) is 6.42 Å². The van der Waals surface area contributed by atoms with Crippen molar-refractivity contribution in [1.29, 1.82) is 0 Å². The largest absolute Gasteiger partial charge is 0.378 e. The van der Waals surface area contributed by atoms with Gasteiger partial charge in [0.1, 0.15) is 0 Å². The zero-order valence-corrected chi connectivity index (χ0v) is 12.0. The van der Waals surface area contributed by atoms with E-state index < -0.39 is 0 Å². The Morgan fingerprint density at radius 1 is 1.21 bits per heavy atom. The van der Waals surface area contributed by atoms with E-state index in [1.54, 1.807) is 0 Å².